The van der Waals surface area contributed by atoms with E-state index in [1.165, 1.54) is 25.7 Å². The average molecular weight is 276 g/mol. The van der Waals surface area contributed by atoms with E-state index in [1.807, 2.05) is 0 Å². The second kappa shape index (κ2) is 13.3. The van der Waals surface area contributed by atoms with Gasteiger partial charge in [-0.25, -0.2) is 8.42 Å². The van der Waals surface area contributed by atoms with Crippen molar-refractivity contribution >= 4 is 10.4 Å². The topological polar surface area (TPSA) is 75.7 Å². The third kappa shape index (κ3) is 19.4. The molecule has 0 atom stereocenters. The second-order valence-corrected chi connectivity index (χ2v) is 4.66. The molecule has 0 aromatic heterocycles. The van der Waals surface area contributed by atoms with Crippen LogP contribution in [0.5, 0.6) is 0 Å². The molecule has 0 aliphatic heterocycles. The molecule has 0 amide bonds. The van der Waals surface area contributed by atoms with Gasteiger partial charge in [0.2, 0.25) is 10.4 Å². The Labute approximate surface area is 127 Å². The van der Waals surface area contributed by atoms with Gasteiger partial charge >= 0.3 is 29.6 Å². The number of unbranched alkanes of at least 4 members (excludes halogenated alkanes) is 5. The smallest absolute Gasteiger partial charge is 0.726 e. The van der Waals surface area contributed by atoms with Crippen LogP contribution in [0, 0.1) is 0 Å². The van der Waals surface area contributed by atoms with Gasteiger partial charge in [-0.05, 0) is 6.42 Å². The summed E-state index contributed by atoms with van der Waals surface area (Å²) in [4.78, 5) is 0. The third-order valence-electron chi connectivity index (χ3n) is 2.10. The largest absolute Gasteiger partial charge is 1.00 e. The maximum atomic E-state index is 10.0. The first-order valence-corrected chi connectivity index (χ1v) is 7.07. The van der Waals surface area contributed by atoms with Crippen LogP contribution in [0.1, 0.15) is 45.4 Å². The molecule has 0 aromatic rings. The number of rotatable bonds is 11. The maximum Gasteiger partial charge on any atom is 1.00 e. The van der Waals surface area contributed by atoms with E-state index in [4.69, 9.17) is 4.74 Å². The van der Waals surface area contributed by atoms with Crippen LogP contribution in [0.15, 0.2) is 0 Å². The van der Waals surface area contributed by atoms with E-state index in [0.717, 1.165) is 12.8 Å². The van der Waals surface area contributed by atoms with Gasteiger partial charge in [0, 0.05) is 6.61 Å². The summed E-state index contributed by atoms with van der Waals surface area (Å²) in [5.74, 6) is 0. The van der Waals surface area contributed by atoms with Gasteiger partial charge in [-0.1, -0.05) is 39.0 Å². The molecule has 0 radical (unpaired) electrons. The van der Waals surface area contributed by atoms with E-state index in [-0.39, 0.29) is 42.8 Å². The molecule has 0 aliphatic carbocycles. The van der Waals surface area contributed by atoms with E-state index in [2.05, 4.69) is 11.1 Å². The molecule has 0 aromatic carbocycles. The van der Waals surface area contributed by atoms with Crippen LogP contribution in [0.4, 0.5) is 0 Å². The van der Waals surface area contributed by atoms with E-state index in [9.17, 15) is 13.0 Å². The van der Waals surface area contributed by atoms with Gasteiger partial charge < -0.3 is 9.29 Å². The molecular formula is C10H21NaO5S. The Kier molecular flexibility index (Phi) is 15.7. The number of ether oxygens (including phenoxy) is 1. The van der Waals surface area contributed by atoms with E-state index < -0.39 is 10.4 Å². The van der Waals surface area contributed by atoms with Gasteiger partial charge in [-0.2, -0.15) is 0 Å². The van der Waals surface area contributed by atoms with Crippen molar-refractivity contribution in [1.29, 1.82) is 0 Å². The fourth-order valence-corrected chi connectivity index (χ4v) is 1.55. The molecule has 0 unspecified atom stereocenters. The average Bonchev–Trinajstić information content (AvgIpc) is 2.19. The first-order valence-electron chi connectivity index (χ1n) is 5.74. The molecule has 0 bridgehead atoms. The normalized spacial score (nSPS) is 11.2. The van der Waals surface area contributed by atoms with Crippen LogP contribution in [-0.4, -0.2) is 32.8 Å². The molecule has 0 heterocycles. The zero-order valence-electron chi connectivity index (χ0n) is 10.8. The fourth-order valence-electron chi connectivity index (χ4n) is 1.28. The summed E-state index contributed by atoms with van der Waals surface area (Å²) in [6, 6.07) is 0. The van der Waals surface area contributed by atoms with Crippen molar-refractivity contribution in [2.24, 2.45) is 0 Å². The molecule has 7 heteroatoms. The summed E-state index contributed by atoms with van der Waals surface area (Å²) >= 11 is 0. The summed E-state index contributed by atoms with van der Waals surface area (Å²) in [5.41, 5.74) is 0. The predicted octanol–water partition coefficient (Wildman–Crippen LogP) is -1.16. The minimum absolute atomic E-state index is 0. The molecule has 0 fully saturated rings. The van der Waals surface area contributed by atoms with Gasteiger partial charge in [0.05, 0.1) is 13.2 Å². The van der Waals surface area contributed by atoms with Crippen LogP contribution in [0.2, 0.25) is 0 Å². The van der Waals surface area contributed by atoms with Crippen molar-refractivity contribution in [3.63, 3.8) is 0 Å². The van der Waals surface area contributed by atoms with E-state index in [1.54, 1.807) is 0 Å². The van der Waals surface area contributed by atoms with Gasteiger partial charge in [0.15, 0.2) is 0 Å². The monoisotopic (exact) mass is 276 g/mol. The van der Waals surface area contributed by atoms with Crippen molar-refractivity contribution in [1.82, 2.24) is 0 Å². The zero-order chi connectivity index (χ0) is 12.3. The van der Waals surface area contributed by atoms with Crippen molar-refractivity contribution in [2.75, 3.05) is 19.8 Å². The summed E-state index contributed by atoms with van der Waals surface area (Å²) < 4.78 is 39.2. The Morgan fingerprint density at radius 2 is 1.53 bits per heavy atom. The number of hydrogen-bond donors (Lipinski definition) is 0. The second-order valence-electron chi connectivity index (χ2n) is 3.61. The molecular weight excluding hydrogens is 255 g/mol. The zero-order valence-corrected chi connectivity index (χ0v) is 13.6. The molecule has 5 nitrogen and oxygen atoms in total. The molecule has 0 N–H and O–H groups in total. The molecule has 0 saturated heterocycles. The summed E-state index contributed by atoms with van der Waals surface area (Å²) in [6.07, 6.45) is 7.07. The van der Waals surface area contributed by atoms with Crippen molar-refractivity contribution in [3.05, 3.63) is 0 Å². The minimum Gasteiger partial charge on any atom is -0.726 e. The van der Waals surface area contributed by atoms with Gasteiger partial charge in [0.25, 0.3) is 0 Å². The molecule has 0 aliphatic rings. The Bertz CT molecular complexity index is 243. The Balaban J connectivity index is 0. The first kappa shape index (κ1) is 20.2. The van der Waals surface area contributed by atoms with Crippen LogP contribution < -0.4 is 29.6 Å². The van der Waals surface area contributed by atoms with Crippen LogP contribution in [0.3, 0.4) is 0 Å². The quantitative estimate of drug-likeness (QED) is 0.206. The summed E-state index contributed by atoms with van der Waals surface area (Å²) in [7, 11) is -4.56. The maximum absolute atomic E-state index is 10.0. The summed E-state index contributed by atoms with van der Waals surface area (Å²) in [6.45, 7) is 2.72. The van der Waals surface area contributed by atoms with Crippen LogP contribution in [0.25, 0.3) is 0 Å². The van der Waals surface area contributed by atoms with Crippen molar-refractivity contribution in [2.45, 2.75) is 45.4 Å². The summed E-state index contributed by atoms with van der Waals surface area (Å²) in [5, 5.41) is 0. The van der Waals surface area contributed by atoms with Crippen molar-refractivity contribution in [3.8, 4) is 0 Å². The van der Waals surface area contributed by atoms with E-state index in [0.29, 0.717) is 6.61 Å². The van der Waals surface area contributed by atoms with Crippen LogP contribution >= 0.6 is 0 Å². The SMILES string of the molecule is CCCCCCCCOCCOS(=O)(=O)[O-].[Na+]. The first-order chi connectivity index (χ1) is 7.56. The number of hydrogen-bond acceptors (Lipinski definition) is 5. The Morgan fingerprint density at radius 1 is 0.941 bits per heavy atom. The fraction of sp³-hybridized carbons (Fsp3) is 1.00. The third-order valence-corrected chi connectivity index (χ3v) is 2.55. The predicted molar refractivity (Wildman–Crippen MR) is 59.8 cm³/mol. The standard InChI is InChI=1S/C10H22O5S.Na/c1-2-3-4-5-6-7-8-14-9-10-15-16(11,12)13;/h2-10H2,1H3,(H,11,12,13);/q;+1/p-1. The molecule has 98 valence electrons. The van der Waals surface area contributed by atoms with E-state index >= 15 is 0 Å². The minimum atomic E-state index is -4.56. The van der Waals surface area contributed by atoms with Crippen LogP contribution in [-0.2, 0) is 19.3 Å². The van der Waals surface area contributed by atoms with Gasteiger partial charge in [0.1, 0.15) is 0 Å². The molecule has 0 saturated carbocycles. The molecule has 17 heavy (non-hydrogen) atoms. The Hall–Kier alpha value is 0.830. The molecule has 0 rings (SSSR count). The Morgan fingerprint density at radius 3 is 2.12 bits per heavy atom. The van der Waals surface area contributed by atoms with Gasteiger partial charge in [-0.3, -0.25) is 4.18 Å². The molecule has 0 spiro atoms. The van der Waals surface area contributed by atoms with Crippen molar-refractivity contribution < 1.29 is 51.4 Å². The van der Waals surface area contributed by atoms with Gasteiger partial charge in [-0.15, -0.1) is 0 Å².